The van der Waals surface area contributed by atoms with Crippen LogP contribution >= 0.6 is 0 Å². The molecule has 0 spiro atoms. The fourth-order valence-corrected chi connectivity index (χ4v) is 1.82. The average molecular weight is 228 g/mol. The van der Waals surface area contributed by atoms with Crippen molar-refractivity contribution in [3.63, 3.8) is 0 Å². The monoisotopic (exact) mass is 228 g/mol. The fraction of sp³-hybridized carbons (Fsp3) is 0. The molecule has 0 aliphatic heterocycles. The predicted molar refractivity (Wildman–Crippen MR) is 62.7 cm³/mol. The SMILES string of the molecule is Oc1cccc2c1cnn2-c1ccc(F)cc1. The van der Waals surface area contributed by atoms with Gasteiger partial charge >= 0.3 is 0 Å². The first-order chi connectivity index (χ1) is 8.25. The van der Waals surface area contributed by atoms with Crippen LogP contribution in [0.15, 0.2) is 48.7 Å². The van der Waals surface area contributed by atoms with Crippen LogP contribution in [-0.2, 0) is 0 Å². The number of halogens is 1. The van der Waals surface area contributed by atoms with Gasteiger partial charge in [0.05, 0.1) is 22.8 Å². The zero-order chi connectivity index (χ0) is 11.8. The molecule has 1 aromatic heterocycles. The molecule has 0 unspecified atom stereocenters. The van der Waals surface area contributed by atoms with E-state index in [1.807, 2.05) is 6.07 Å². The molecule has 3 aromatic rings. The fourth-order valence-electron chi connectivity index (χ4n) is 1.82. The maximum absolute atomic E-state index is 12.8. The summed E-state index contributed by atoms with van der Waals surface area (Å²) in [7, 11) is 0. The molecule has 0 radical (unpaired) electrons. The van der Waals surface area contributed by atoms with Gasteiger partial charge in [0.15, 0.2) is 0 Å². The Morgan fingerprint density at radius 3 is 2.59 bits per heavy atom. The second-order valence-electron chi connectivity index (χ2n) is 3.74. The van der Waals surface area contributed by atoms with Crippen LogP contribution in [0, 0.1) is 5.82 Å². The highest BCUT2D eigenvalue weighted by Gasteiger charge is 2.07. The minimum atomic E-state index is -0.284. The molecule has 1 N–H and O–H groups in total. The van der Waals surface area contributed by atoms with Gasteiger partial charge in [0.2, 0.25) is 0 Å². The highest BCUT2D eigenvalue weighted by atomic mass is 19.1. The lowest BCUT2D eigenvalue weighted by Gasteiger charge is -2.03. The van der Waals surface area contributed by atoms with Gasteiger partial charge in [-0.1, -0.05) is 6.07 Å². The molecule has 0 aliphatic carbocycles. The summed E-state index contributed by atoms with van der Waals surface area (Å²) < 4.78 is 14.5. The van der Waals surface area contributed by atoms with Gasteiger partial charge in [-0.15, -0.1) is 0 Å². The van der Waals surface area contributed by atoms with E-state index in [-0.39, 0.29) is 11.6 Å². The Kier molecular flexibility index (Phi) is 2.08. The Hall–Kier alpha value is -2.36. The van der Waals surface area contributed by atoms with Crippen LogP contribution < -0.4 is 0 Å². The first-order valence-electron chi connectivity index (χ1n) is 5.17. The van der Waals surface area contributed by atoms with Crippen LogP contribution in [0.5, 0.6) is 5.75 Å². The molecule has 3 rings (SSSR count). The summed E-state index contributed by atoms with van der Waals surface area (Å²) >= 11 is 0. The molecule has 0 fully saturated rings. The third-order valence-corrected chi connectivity index (χ3v) is 2.66. The largest absolute Gasteiger partial charge is 0.507 e. The van der Waals surface area contributed by atoms with Gasteiger partial charge in [0.25, 0.3) is 0 Å². The first kappa shape index (κ1) is 9.84. The van der Waals surface area contributed by atoms with Crippen LogP contribution in [0.1, 0.15) is 0 Å². The number of phenols is 1. The maximum Gasteiger partial charge on any atom is 0.126 e. The normalized spacial score (nSPS) is 10.9. The number of nitrogens with zero attached hydrogens (tertiary/aromatic N) is 2. The molecule has 17 heavy (non-hydrogen) atoms. The minimum absolute atomic E-state index is 0.191. The van der Waals surface area contributed by atoms with Crippen molar-refractivity contribution in [3.8, 4) is 11.4 Å². The lowest BCUT2D eigenvalue weighted by molar-refractivity contribution is 0.481. The number of fused-ring (bicyclic) bond motifs is 1. The average Bonchev–Trinajstić information content (AvgIpc) is 2.75. The number of rotatable bonds is 1. The van der Waals surface area contributed by atoms with Gasteiger partial charge in [-0.25, -0.2) is 9.07 Å². The smallest absolute Gasteiger partial charge is 0.126 e. The van der Waals surface area contributed by atoms with Gasteiger partial charge < -0.3 is 5.11 Å². The summed E-state index contributed by atoms with van der Waals surface area (Å²) in [5.41, 5.74) is 1.55. The Morgan fingerprint density at radius 2 is 1.82 bits per heavy atom. The van der Waals surface area contributed by atoms with Gasteiger partial charge in [0, 0.05) is 0 Å². The van der Waals surface area contributed by atoms with Crippen LogP contribution in [-0.4, -0.2) is 14.9 Å². The molecule has 0 bridgehead atoms. The molecule has 1 heterocycles. The quantitative estimate of drug-likeness (QED) is 0.695. The molecule has 3 nitrogen and oxygen atoms in total. The molecule has 0 saturated heterocycles. The topological polar surface area (TPSA) is 38.1 Å². The van der Waals surface area contributed by atoms with Crippen molar-refractivity contribution >= 4 is 10.9 Å². The second kappa shape index (κ2) is 3.59. The number of hydrogen-bond donors (Lipinski definition) is 1. The maximum atomic E-state index is 12.8. The summed E-state index contributed by atoms with van der Waals surface area (Å²) in [6.07, 6.45) is 1.59. The molecule has 0 amide bonds. The third kappa shape index (κ3) is 1.54. The molecule has 4 heteroatoms. The molecular formula is C13H9FN2O. The number of hydrogen-bond acceptors (Lipinski definition) is 2. The lowest BCUT2D eigenvalue weighted by atomic mass is 10.2. The minimum Gasteiger partial charge on any atom is -0.507 e. The van der Waals surface area contributed by atoms with E-state index in [1.54, 1.807) is 35.1 Å². The summed E-state index contributed by atoms with van der Waals surface area (Å²) in [6, 6.07) is 11.3. The van der Waals surface area contributed by atoms with Crippen molar-refractivity contribution in [3.05, 3.63) is 54.5 Å². The van der Waals surface area contributed by atoms with E-state index >= 15 is 0 Å². The van der Waals surface area contributed by atoms with E-state index in [0.29, 0.717) is 5.39 Å². The first-order valence-corrected chi connectivity index (χ1v) is 5.17. The summed E-state index contributed by atoms with van der Waals surface area (Å²) in [4.78, 5) is 0. The van der Waals surface area contributed by atoms with E-state index in [1.165, 1.54) is 12.1 Å². The molecule has 0 aliphatic rings. The standard InChI is InChI=1S/C13H9FN2O/c14-9-4-6-10(7-5-9)16-12-2-1-3-13(17)11(12)8-15-16/h1-8,17H. The van der Waals surface area contributed by atoms with Crippen LogP contribution in [0.25, 0.3) is 16.6 Å². The van der Waals surface area contributed by atoms with E-state index in [4.69, 9.17) is 0 Å². The Bertz CT molecular complexity index is 673. The van der Waals surface area contributed by atoms with Crippen LogP contribution in [0.4, 0.5) is 4.39 Å². The predicted octanol–water partition coefficient (Wildman–Crippen LogP) is 2.87. The van der Waals surface area contributed by atoms with Crippen molar-refractivity contribution in [2.75, 3.05) is 0 Å². The van der Waals surface area contributed by atoms with Gasteiger partial charge in [0.1, 0.15) is 11.6 Å². The van der Waals surface area contributed by atoms with E-state index < -0.39 is 0 Å². The number of phenolic OH excluding ortho intramolecular Hbond substituents is 1. The highest BCUT2D eigenvalue weighted by Crippen LogP contribution is 2.25. The molecular weight excluding hydrogens is 219 g/mol. The van der Waals surface area contributed by atoms with Crippen molar-refractivity contribution in [2.24, 2.45) is 0 Å². The molecule has 2 aromatic carbocycles. The van der Waals surface area contributed by atoms with Crippen LogP contribution in [0.2, 0.25) is 0 Å². The van der Waals surface area contributed by atoms with Gasteiger partial charge in [-0.05, 0) is 36.4 Å². The number of aromatic hydroxyl groups is 1. The van der Waals surface area contributed by atoms with Crippen molar-refractivity contribution in [1.29, 1.82) is 0 Å². The second-order valence-corrected chi connectivity index (χ2v) is 3.74. The van der Waals surface area contributed by atoms with Crippen molar-refractivity contribution in [1.82, 2.24) is 9.78 Å². The third-order valence-electron chi connectivity index (χ3n) is 2.66. The zero-order valence-electron chi connectivity index (χ0n) is 8.84. The van der Waals surface area contributed by atoms with Crippen molar-refractivity contribution in [2.45, 2.75) is 0 Å². The van der Waals surface area contributed by atoms with E-state index in [9.17, 15) is 9.50 Å². The highest BCUT2D eigenvalue weighted by molar-refractivity contribution is 5.85. The van der Waals surface area contributed by atoms with E-state index in [2.05, 4.69) is 5.10 Å². The number of aromatic nitrogens is 2. The molecule has 0 saturated carbocycles. The lowest BCUT2D eigenvalue weighted by Crippen LogP contribution is -1.95. The zero-order valence-corrected chi connectivity index (χ0v) is 8.84. The summed E-state index contributed by atoms with van der Waals surface area (Å²) in [5, 5.41) is 14.5. The summed E-state index contributed by atoms with van der Waals surface area (Å²) in [5.74, 6) is -0.0936. The molecule has 84 valence electrons. The summed E-state index contributed by atoms with van der Waals surface area (Å²) in [6.45, 7) is 0. The van der Waals surface area contributed by atoms with Gasteiger partial charge in [-0.3, -0.25) is 0 Å². The number of benzene rings is 2. The Balaban J connectivity index is 2.24. The Morgan fingerprint density at radius 1 is 1.06 bits per heavy atom. The van der Waals surface area contributed by atoms with Crippen LogP contribution in [0.3, 0.4) is 0 Å². The van der Waals surface area contributed by atoms with E-state index in [0.717, 1.165) is 11.2 Å². The van der Waals surface area contributed by atoms with Gasteiger partial charge in [-0.2, -0.15) is 5.10 Å². The van der Waals surface area contributed by atoms with Crippen molar-refractivity contribution < 1.29 is 9.50 Å². The Labute approximate surface area is 96.7 Å². The molecule has 0 atom stereocenters.